The zero-order chi connectivity index (χ0) is 16.2. The Morgan fingerprint density at radius 2 is 2.05 bits per heavy atom. The van der Waals surface area contributed by atoms with Gasteiger partial charge in [-0.25, -0.2) is 9.97 Å². The molecule has 2 aromatic rings. The van der Waals surface area contributed by atoms with Crippen molar-refractivity contribution in [2.24, 2.45) is 0 Å². The molecule has 0 aliphatic carbocycles. The van der Waals surface area contributed by atoms with Crippen molar-refractivity contribution < 1.29 is 19.5 Å². The lowest BCUT2D eigenvalue weighted by Crippen LogP contribution is -2.32. The molecule has 2 rings (SSSR count). The number of fused-ring (bicyclic) bond motifs is 1. The van der Waals surface area contributed by atoms with Crippen LogP contribution in [0.4, 0.5) is 0 Å². The molecular weight excluding hydrogens is 313 g/mol. The van der Waals surface area contributed by atoms with Gasteiger partial charge >= 0.3 is 7.60 Å². The highest BCUT2D eigenvalue weighted by Crippen LogP contribution is 2.33. The van der Waals surface area contributed by atoms with E-state index in [0.717, 1.165) is 0 Å². The van der Waals surface area contributed by atoms with Gasteiger partial charge in [0.1, 0.15) is 0 Å². The van der Waals surface area contributed by atoms with E-state index in [0.29, 0.717) is 25.3 Å². The number of aliphatic hydroxyl groups is 1. The maximum Gasteiger partial charge on any atom is 0.326 e. The number of nitrogens with one attached hydrogen (secondary N) is 1. The summed E-state index contributed by atoms with van der Waals surface area (Å²) < 4.78 is 12.6. The van der Waals surface area contributed by atoms with Gasteiger partial charge in [-0.1, -0.05) is 0 Å². The standard InChI is InChI=1S/C11H18N5O5P/c17-5-3-15(4-6-22(19,20)21)1-2-16-8-14-9-10(16)12-7-13-11(9)18/h7-8,17H,1-6H2,(H,12,13,18)(H2,19,20,21). The molecule has 0 amide bonds. The number of aromatic amines is 1. The maximum atomic E-state index is 11.5. The number of H-pyrrole nitrogens is 1. The summed E-state index contributed by atoms with van der Waals surface area (Å²) in [5.74, 6) is 0. The van der Waals surface area contributed by atoms with E-state index in [1.807, 2.05) is 0 Å². The SMILES string of the molecule is O=c1[nH]cnc2c1ncn2CCN(CCO)CCP(=O)(O)O. The smallest absolute Gasteiger partial charge is 0.326 e. The van der Waals surface area contributed by atoms with Gasteiger partial charge in [0.05, 0.1) is 25.4 Å². The van der Waals surface area contributed by atoms with E-state index in [-0.39, 0.29) is 30.4 Å². The molecule has 0 spiro atoms. The Labute approximate surface area is 125 Å². The van der Waals surface area contributed by atoms with Gasteiger partial charge in [-0.2, -0.15) is 0 Å². The first-order valence-electron chi connectivity index (χ1n) is 6.67. The topological polar surface area (TPSA) is 145 Å². The molecule has 0 aromatic carbocycles. The molecule has 0 saturated carbocycles. The zero-order valence-electron chi connectivity index (χ0n) is 11.8. The van der Waals surface area contributed by atoms with Crippen LogP contribution in [-0.4, -0.2) is 71.7 Å². The van der Waals surface area contributed by atoms with Crippen molar-refractivity contribution in [3.05, 3.63) is 23.0 Å². The monoisotopic (exact) mass is 331 g/mol. The molecule has 0 radical (unpaired) electrons. The summed E-state index contributed by atoms with van der Waals surface area (Å²) in [7, 11) is -4.07. The van der Waals surface area contributed by atoms with E-state index < -0.39 is 7.60 Å². The van der Waals surface area contributed by atoms with Gasteiger partial charge in [0.2, 0.25) is 0 Å². The molecule has 0 aliphatic heterocycles. The van der Waals surface area contributed by atoms with E-state index in [4.69, 9.17) is 14.9 Å². The summed E-state index contributed by atoms with van der Waals surface area (Å²) in [5.41, 5.74) is 0.367. The molecule has 0 fully saturated rings. The lowest BCUT2D eigenvalue weighted by Gasteiger charge is -2.21. The van der Waals surface area contributed by atoms with E-state index in [1.165, 1.54) is 12.7 Å². The van der Waals surface area contributed by atoms with Crippen molar-refractivity contribution in [1.82, 2.24) is 24.4 Å². The number of hydrogen-bond acceptors (Lipinski definition) is 6. The van der Waals surface area contributed by atoms with Crippen LogP contribution < -0.4 is 5.56 Å². The summed E-state index contributed by atoms with van der Waals surface area (Å²) in [6, 6.07) is 0. The minimum absolute atomic E-state index is 0.107. The molecule has 2 aromatic heterocycles. The molecule has 4 N–H and O–H groups in total. The fraction of sp³-hybridized carbons (Fsp3) is 0.545. The second-order valence-corrected chi connectivity index (χ2v) is 6.57. The van der Waals surface area contributed by atoms with Crippen molar-refractivity contribution >= 4 is 18.8 Å². The van der Waals surface area contributed by atoms with Gasteiger partial charge in [0, 0.05) is 26.2 Å². The lowest BCUT2D eigenvalue weighted by molar-refractivity contribution is 0.196. The number of aliphatic hydroxyl groups excluding tert-OH is 1. The van der Waals surface area contributed by atoms with Gasteiger partial charge in [-0.3, -0.25) is 14.3 Å². The molecule has 0 saturated heterocycles. The molecule has 2 heterocycles. The number of rotatable bonds is 8. The van der Waals surface area contributed by atoms with Crippen LogP contribution in [0.5, 0.6) is 0 Å². The Kier molecular flexibility index (Phi) is 5.43. The van der Waals surface area contributed by atoms with Crippen molar-refractivity contribution in [2.75, 3.05) is 32.4 Å². The van der Waals surface area contributed by atoms with Crippen molar-refractivity contribution in [3.8, 4) is 0 Å². The fourth-order valence-corrected chi connectivity index (χ4v) is 2.60. The first-order chi connectivity index (χ1) is 10.4. The average Bonchev–Trinajstić information content (AvgIpc) is 2.86. The van der Waals surface area contributed by atoms with Gasteiger partial charge < -0.3 is 24.4 Å². The predicted molar refractivity (Wildman–Crippen MR) is 78.6 cm³/mol. The Hall–Kier alpha value is -1.58. The number of hydrogen-bond donors (Lipinski definition) is 4. The van der Waals surface area contributed by atoms with Crippen LogP contribution >= 0.6 is 7.60 Å². The van der Waals surface area contributed by atoms with Crippen LogP contribution in [0.1, 0.15) is 0 Å². The van der Waals surface area contributed by atoms with Gasteiger partial charge in [-0.05, 0) is 0 Å². The average molecular weight is 331 g/mol. The summed E-state index contributed by atoms with van der Waals surface area (Å²) in [4.78, 5) is 41.6. The second kappa shape index (κ2) is 7.12. The zero-order valence-corrected chi connectivity index (χ0v) is 12.7. The Bertz CT molecular complexity index is 723. The predicted octanol–water partition coefficient (Wildman–Crippen LogP) is -1.41. The molecular formula is C11H18N5O5P. The molecule has 22 heavy (non-hydrogen) atoms. The van der Waals surface area contributed by atoms with Crippen LogP contribution in [0.25, 0.3) is 11.2 Å². The van der Waals surface area contributed by atoms with Crippen molar-refractivity contribution in [3.63, 3.8) is 0 Å². The largest absolute Gasteiger partial charge is 0.395 e. The third kappa shape index (κ3) is 4.46. The van der Waals surface area contributed by atoms with Crippen LogP contribution in [0, 0.1) is 0 Å². The third-order valence-corrected chi connectivity index (χ3v) is 3.97. The molecule has 10 nitrogen and oxygen atoms in total. The molecule has 122 valence electrons. The molecule has 0 aliphatic rings. The summed E-state index contributed by atoms with van der Waals surface area (Å²) in [6.07, 6.45) is 2.52. The Balaban J connectivity index is 2.03. The normalized spacial score (nSPS) is 12.4. The molecule has 0 bridgehead atoms. The van der Waals surface area contributed by atoms with Gasteiger partial charge in [-0.15, -0.1) is 0 Å². The van der Waals surface area contributed by atoms with Crippen LogP contribution in [-0.2, 0) is 11.1 Å². The maximum absolute atomic E-state index is 11.5. The highest BCUT2D eigenvalue weighted by molar-refractivity contribution is 7.51. The summed E-state index contributed by atoms with van der Waals surface area (Å²) in [6.45, 7) is 1.25. The highest BCUT2D eigenvalue weighted by atomic mass is 31.2. The summed E-state index contributed by atoms with van der Waals surface area (Å²) >= 11 is 0. The van der Waals surface area contributed by atoms with Gasteiger partial charge in [0.25, 0.3) is 5.56 Å². The second-order valence-electron chi connectivity index (χ2n) is 4.80. The minimum Gasteiger partial charge on any atom is -0.395 e. The molecule has 0 unspecified atom stereocenters. The highest BCUT2D eigenvalue weighted by Gasteiger charge is 2.16. The minimum atomic E-state index is -4.07. The molecule has 11 heteroatoms. The third-order valence-electron chi connectivity index (χ3n) is 3.19. The van der Waals surface area contributed by atoms with Crippen LogP contribution in [0.15, 0.2) is 17.4 Å². The first-order valence-corrected chi connectivity index (χ1v) is 8.47. The van der Waals surface area contributed by atoms with Crippen molar-refractivity contribution in [2.45, 2.75) is 6.54 Å². The lowest BCUT2D eigenvalue weighted by atomic mass is 10.4. The Morgan fingerprint density at radius 3 is 2.73 bits per heavy atom. The first kappa shape index (κ1) is 16.8. The van der Waals surface area contributed by atoms with Gasteiger partial charge in [0.15, 0.2) is 11.2 Å². The quantitative estimate of drug-likeness (QED) is 0.432. The Morgan fingerprint density at radius 1 is 1.27 bits per heavy atom. The summed E-state index contributed by atoms with van der Waals surface area (Å²) in [5, 5.41) is 9.02. The van der Waals surface area contributed by atoms with E-state index in [1.54, 1.807) is 9.47 Å². The van der Waals surface area contributed by atoms with Crippen LogP contribution in [0.3, 0.4) is 0 Å². The number of aromatic nitrogens is 4. The number of nitrogens with zero attached hydrogens (tertiary/aromatic N) is 4. The molecule has 0 atom stereocenters. The van der Waals surface area contributed by atoms with E-state index in [2.05, 4.69) is 15.0 Å². The number of imidazole rings is 1. The fourth-order valence-electron chi connectivity index (χ4n) is 2.05. The van der Waals surface area contributed by atoms with Crippen LogP contribution in [0.2, 0.25) is 0 Å². The van der Waals surface area contributed by atoms with E-state index >= 15 is 0 Å². The van der Waals surface area contributed by atoms with Crippen molar-refractivity contribution in [1.29, 1.82) is 0 Å². The van der Waals surface area contributed by atoms with E-state index in [9.17, 15) is 9.36 Å².